The summed E-state index contributed by atoms with van der Waals surface area (Å²) in [7, 11) is 1.84. The molecule has 3 aromatic rings. The van der Waals surface area contributed by atoms with Crippen molar-refractivity contribution >= 4 is 34.0 Å². The predicted molar refractivity (Wildman–Crippen MR) is 127 cm³/mol. The van der Waals surface area contributed by atoms with Crippen molar-refractivity contribution in [1.82, 2.24) is 14.5 Å². The number of anilines is 1. The average Bonchev–Trinajstić information content (AvgIpc) is 3.09. The Kier molecular flexibility index (Phi) is 11.1. The molecule has 4 N–H and O–H groups in total. The SMILES string of the molecule is CCC.CCOCc1nc2c(NC)nc3ccccc3c2n1CC(C)(C)O.NCC=O. The van der Waals surface area contributed by atoms with Crippen LogP contribution in [-0.4, -0.2) is 51.7 Å². The van der Waals surface area contributed by atoms with E-state index in [9.17, 15) is 5.11 Å². The zero-order valence-corrected chi connectivity index (χ0v) is 19.6. The number of aldehydes is 1. The Labute approximate surface area is 184 Å². The molecule has 0 saturated heterocycles. The topological polar surface area (TPSA) is 115 Å². The van der Waals surface area contributed by atoms with Crippen molar-refractivity contribution in [3.63, 3.8) is 0 Å². The molecule has 2 aromatic heterocycles. The summed E-state index contributed by atoms with van der Waals surface area (Å²) < 4.78 is 7.64. The molecule has 0 amide bonds. The quantitative estimate of drug-likeness (QED) is 0.490. The normalized spacial score (nSPS) is 10.8. The van der Waals surface area contributed by atoms with Gasteiger partial charge in [-0.25, -0.2) is 9.97 Å². The number of aromatic nitrogens is 3. The number of carbonyl (C=O) groups excluding carboxylic acids is 1. The molecule has 0 aliphatic heterocycles. The van der Waals surface area contributed by atoms with E-state index in [0.29, 0.717) is 26.0 Å². The van der Waals surface area contributed by atoms with Crippen molar-refractivity contribution in [1.29, 1.82) is 0 Å². The highest BCUT2D eigenvalue weighted by atomic mass is 16.5. The van der Waals surface area contributed by atoms with Crippen LogP contribution in [0.2, 0.25) is 0 Å². The van der Waals surface area contributed by atoms with Crippen LogP contribution in [0.25, 0.3) is 21.9 Å². The van der Waals surface area contributed by atoms with E-state index in [0.717, 1.165) is 33.6 Å². The number of nitrogens with zero attached hydrogens (tertiary/aromatic N) is 3. The number of nitrogens with two attached hydrogens (primary N) is 1. The molecule has 0 radical (unpaired) electrons. The van der Waals surface area contributed by atoms with E-state index >= 15 is 0 Å². The third-order valence-corrected chi connectivity index (χ3v) is 3.98. The Morgan fingerprint density at radius 1 is 1.23 bits per heavy atom. The van der Waals surface area contributed by atoms with Gasteiger partial charge in [-0.1, -0.05) is 38.5 Å². The monoisotopic (exact) mass is 431 g/mol. The first kappa shape index (κ1) is 26.5. The maximum absolute atomic E-state index is 10.4. The van der Waals surface area contributed by atoms with E-state index in [-0.39, 0.29) is 6.54 Å². The summed E-state index contributed by atoms with van der Waals surface area (Å²) in [5.74, 6) is 1.53. The fourth-order valence-corrected chi connectivity index (χ4v) is 2.92. The molecular weight excluding hydrogens is 394 g/mol. The Balaban J connectivity index is 0.000000604. The summed E-state index contributed by atoms with van der Waals surface area (Å²) in [6.07, 6.45) is 1.90. The lowest BCUT2D eigenvalue weighted by Crippen LogP contribution is -2.27. The number of ether oxygens (including phenoxy) is 1. The Morgan fingerprint density at radius 2 is 1.84 bits per heavy atom. The fourth-order valence-electron chi connectivity index (χ4n) is 2.92. The zero-order valence-electron chi connectivity index (χ0n) is 19.6. The lowest BCUT2D eigenvalue weighted by molar-refractivity contribution is -0.106. The molecule has 0 aliphatic carbocycles. The van der Waals surface area contributed by atoms with Gasteiger partial charge >= 0.3 is 0 Å². The van der Waals surface area contributed by atoms with E-state index in [1.165, 1.54) is 6.42 Å². The predicted octanol–water partition coefficient (Wildman–Crippen LogP) is 3.49. The van der Waals surface area contributed by atoms with E-state index in [1.807, 2.05) is 38.2 Å². The van der Waals surface area contributed by atoms with Gasteiger partial charge < -0.3 is 30.3 Å². The molecule has 3 rings (SSSR count). The van der Waals surface area contributed by atoms with Crippen LogP contribution in [0.3, 0.4) is 0 Å². The Morgan fingerprint density at radius 3 is 2.35 bits per heavy atom. The lowest BCUT2D eigenvalue weighted by atomic mass is 10.1. The third-order valence-electron chi connectivity index (χ3n) is 3.98. The van der Waals surface area contributed by atoms with Crippen LogP contribution >= 0.6 is 0 Å². The molecule has 8 nitrogen and oxygen atoms in total. The second-order valence-electron chi connectivity index (χ2n) is 7.60. The Bertz CT molecular complexity index is 948. The number of aliphatic hydroxyl groups is 1. The van der Waals surface area contributed by atoms with Gasteiger partial charge in [-0.15, -0.1) is 0 Å². The van der Waals surface area contributed by atoms with E-state index in [1.54, 1.807) is 13.8 Å². The lowest BCUT2D eigenvalue weighted by Gasteiger charge is -2.20. The van der Waals surface area contributed by atoms with Crippen molar-refractivity contribution in [2.75, 3.05) is 25.5 Å². The summed E-state index contributed by atoms with van der Waals surface area (Å²) in [4.78, 5) is 18.5. The summed E-state index contributed by atoms with van der Waals surface area (Å²) in [5, 5.41) is 14.5. The molecule has 1 aromatic carbocycles. The van der Waals surface area contributed by atoms with Crippen molar-refractivity contribution in [3.8, 4) is 0 Å². The van der Waals surface area contributed by atoms with Crippen molar-refractivity contribution in [2.24, 2.45) is 5.73 Å². The van der Waals surface area contributed by atoms with Gasteiger partial charge in [0.05, 0.1) is 23.2 Å². The minimum Gasteiger partial charge on any atom is -0.389 e. The average molecular weight is 432 g/mol. The zero-order chi connectivity index (χ0) is 23.4. The number of nitrogens with one attached hydrogen (secondary N) is 1. The number of benzene rings is 1. The van der Waals surface area contributed by atoms with Crippen molar-refractivity contribution in [2.45, 2.75) is 59.8 Å². The first-order chi connectivity index (χ1) is 14.8. The summed E-state index contributed by atoms with van der Waals surface area (Å²) in [6.45, 7) is 11.4. The second kappa shape index (κ2) is 13.0. The standard InChI is InChI=1S/C18H24N4O2.C3H8.C2H5NO/c1-5-24-10-14-21-15-16(22(14)11-18(2,3)23)12-8-6-7-9-13(12)20-17(15)19-4;1-3-2;3-1-2-4/h6-9,23H,5,10-11H2,1-4H3,(H,19,20);3H2,1-2H3;2H,1,3H2. The van der Waals surface area contributed by atoms with Crippen LogP contribution in [0.4, 0.5) is 5.82 Å². The van der Waals surface area contributed by atoms with E-state index in [2.05, 4.69) is 34.4 Å². The molecule has 8 heteroatoms. The van der Waals surface area contributed by atoms with Gasteiger partial charge in [0.1, 0.15) is 24.2 Å². The smallest absolute Gasteiger partial charge is 0.154 e. The number of hydrogen-bond donors (Lipinski definition) is 3. The Hall–Kier alpha value is -2.55. The number of hydrogen-bond acceptors (Lipinski definition) is 7. The molecule has 0 spiro atoms. The first-order valence-electron chi connectivity index (χ1n) is 10.7. The molecule has 0 atom stereocenters. The number of para-hydroxylation sites is 1. The van der Waals surface area contributed by atoms with Gasteiger partial charge in [0.15, 0.2) is 5.82 Å². The van der Waals surface area contributed by atoms with Gasteiger partial charge in [-0.05, 0) is 26.8 Å². The van der Waals surface area contributed by atoms with Gasteiger partial charge in [0.25, 0.3) is 0 Å². The third kappa shape index (κ3) is 7.57. The number of carbonyl (C=O) groups is 1. The molecule has 172 valence electrons. The molecule has 0 fully saturated rings. The van der Waals surface area contributed by atoms with Crippen LogP contribution in [0.5, 0.6) is 0 Å². The summed E-state index contributed by atoms with van der Waals surface area (Å²) in [6, 6.07) is 7.99. The fraction of sp³-hybridized carbons (Fsp3) is 0.522. The van der Waals surface area contributed by atoms with Gasteiger partial charge in [0, 0.05) is 25.6 Å². The van der Waals surface area contributed by atoms with Crippen molar-refractivity contribution < 1.29 is 14.6 Å². The van der Waals surface area contributed by atoms with Crippen LogP contribution in [0.1, 0.15) is 46.9 Å². The summed E-state index contributed by atoms with van der Waals surface area (Å²) >= 11 is 0. The summed E-state index contributed by atoms with van der Waals surface area (Å²) in [5.41, 5.74) is 6.47. The highest BCUT2D eigenvalue weighted by Gasteiger charge is 2.22. The van der Waals surface area contributed by atoms with Gasteiger partial charge in [0.2, 0.25) is 0 Å². The molecular formula is C23H37N5O3. The maximum Gasteiger partial charge on any atom is 0.154 e. The highest BCUT2D eigenvalue weighted by molar-refractivity contribution is 6.07. The number of pyridine rings is 1. The minimum absolute atomic E-state index is 0.139. The molecule has 0 saturated carbocycles. The van der Waals surface area contributed by atoms with E-state index in [4.69, 9.17) is 14.5 Å². The molecule has 31 heavy (non-hydrogen) atoms. The molecule has 2 heterocycles. The van der Waals surface area contributed by atoms with Crippen LogP contribution in [0, 0.1) is 0 Å². The van der Waals surface area contributed by atoms with Gasteiger partial charge in [-0.3, -0.25) is 0 Å². The second-order valence-corrected chi connectivity index (χ2v) is 7.60. The molecule has 0 aliphatic rings. The number of rotatable bonds is 7. The van der Waals surface area contributed by atoms with Crippen LogP contribution < -0.4 is 11.1 Å². The van der Waals surface area contributed by atoms with E-state index < -0.39 is 5.60 Å². The van der Waals surface area contributed by atoms with Crippen LogP contribution in [0.15, 0.2) is 24.3 Å². The largest absolute Gasteiger partial charge is 0.389 e. The van der Waals surface area contributed by atoms with Crippen molar-refractivity contribution in [3.05, 3.63) is 30.1 Å². The minimum atomic E-state index is -0.862. The number of fused-ring (bicyclic) bond motifs is 3. The maximum atomic E-state index is 10.4. The molecule has 0 unspecified atom stereocenters. The number of imidazole rings is 1. The molecule has 0 bridgehead atoms. The first-order valence-corrected chi connectivity index (χ1v) is 10.7. The van der Waals surface area contributed by atoms with Gasteiger partial charge in [-0.2, -0.15) is 0 Å². The highest BCUT2D eigenvalue weighted by Crippen LogP contribution is 2.31. The van der Waals surface area contributed by atoms with Crippen LogP contribution in [-0.2, 0) is 22.7 Å².